The minimum atomic E-state index is -2.33. The highest BCUT2D eigenvalue weighted by Gasteiger charge is 2.78. The highest BCUT2D eigenvalue weighted by molar-refractivity contribution is 5.94. The van der Waals surface area contributed by atoms with Crippen LogP contribution in [0.15, 0.2) is 71.8 Å². The molecular formula is C44H55NO13. The Morgan fingerprint density at radius 2 is 1.60 bits per heavy atom. The fourth-order valence-corrected chi connectivity index (χ4v) is 9.91. The fraction of sp³-hybridized carbons (Fsp3) is 0.568. The molecule has 0 spiro atoms. The number of benzene rings is 2. The van der Waals surface area contributed by atoms with Crippen molar-refractivity contribution in [3.63, 3.8) is 0 Å². The molecule has 0 unspecified atom stereocenters. The second kappa shape index (κ2) is 16.3. The predicted molar refractivity (Wildman–Crippen MR) is 207 cm³/mol. The van der Waals surface area contributed by atoms with E-state index in [0.717, 1.165) is 19.8 Å². The third-order valence-electron chi connectivity index (χ3n) is 13.2. The van der Waals surface area contributed by atoms with Gasteiger partial charge in [0.15, 0.2) is 17.5 Å². The van der Waals surface area contributed by atoms with Crippen LogP contribution in [-0.4, -0.2) is 104 Å². The van der Waals surface area contributed by atoms with Crippen molar-refractivity contribution < 1.29 is 63.3 Å². The van der Waals surface area contributed by atoms with E-state index >= 15 is 0 Å². The lowest BCUT2D eigenvalue weighted by Gasteiger charge is -2.67. The maximum Gasteiger partial charge on any atom is 0.338 e. The zero-order valence-electron chi connectivity index (χ0n) is 33.8. The number of ether oxygens (including phenoxy) is 4. The first-order chi connectivity index (χ1) is 27.3. The molecule has 4 aliphatic rings. The topological polar surface area (TPSA) is 215 Å². The van der Waals surface area contributed by atoms with Crippen LogP contribution in [0.25, 0.3) is 0 Å². The number of fused-ring (bicyclic) bond motifs is 5. The molecule has 2 aromatic rings. The van der Waals surface area contributed by atoms with Crippen molar-refractivity contribution in [3.8, 4) is 0 Å². The molecule has 58 heavy (non-hydrogen) atoms. The highest BCUT2D eigenvalue weighted by atomic mass is 16.6. The fourth-order valence-electron chi connectivity index (χ4n) is 9.91. The molecule has 1 amide bonds. The number of Topliss-reactive ketones (excluding diaryl/α,β-unsaturated/α-hetero) is 1. The van der Waals surface area contributed by atoms with Gasteiger partial charge in [0.2, 0.25) is 5.91 Å². The largest absolute Gasteiger partial charge is 0.456 e. The number of nitrogens with one attached hydrogen (secondary N) is 1. The van der Waals surface area contributed by atoms with Gasteiger partial charge in [-0.15, -0.1) is 0 Å². The molecule has 1 saturated heterocycles. The van der Waals surface area contributed by atoms with Crippen molar-refractivity contribution >= 4 is 29.6 Å². The van der Waals surface area contributed by atoms with E-state index in [2.05, 4.69) is 5.32 Å². The van der Waals surface area contributed by atoms with E-state index in [0.29, 0.717) is 12.0 Å². The van der Waals surface area contributed by atoms with E-state index in [9.17, 15) is 44.4 Å². The van der Waals surface area contributed by atoms with E-state index in [1.807, 2.05) is 6.92 Å². The molecule has 314 valence electrons. The Morgan fingerprint density at radius 3 is 2.19 bits per heavy atom. The van der Waals surface area contributed by atoms with Crippen LogP contribution in [0.5, 0.6) is 0 Å². The summed E-state index contributed by atoms with van der Waals surface area (Å²) >= 11 is 0. The number of unbranched alkanes of at least 4 members (excludes halogenated alkanes) is 2. The number of aliphatic hydroxyl groups excluding tert-OH is 3. The van der Waals surface area contributed by atoms with Crippen LogP contribution in [0.1, 0.15) is 102 Å². The summed E-state index contributed by atoms with van der Waals surface area (Å²) in [5.41, 5.74) is -6.98. The zero-order chi connectivity index (χ0) is 42.4. The third kappa shape index (κ3) is 7.16. The molecule has 1 heterocycles. The van der Waals surface area contributed by atoms with Crippen LogP contribution in [0.4, 0.5) is 0 Å². The third-order valence-corrected chi connectivity index (χ3v) is 13.2. The summed E-state index contributed by atoms with van der Waals surface area (Å²) < 4.78 is 24.2. The minimum Gasteiger partial charge on any atom is -0.456 e. The first kappa shape index (κ1) is 43.1. The van der Waals surface area contributed by atoms with Crippen molar-refractivity contribution in [2.45, 2.75) is 134 Å². The SMILES string of the molecule is CCCCCC(=O)N[C@H](c1ccccc1)[C@@H](O)C(=O)O[C@@H]1C[C@]2(O)[C@@H](OC(=O)c3ccccc3)[C@H]3[C@]4(OC(C)=O)CO[C@H]4C[C@H](O)[C@@]3(C)C(=O)[C@H](O)C(=C1C)C2(C)C. The Bertz CT molecular complexity index is 1930. The molecule has 1 aliphatic heterocycles. The molecular weight excluding hydrogens is 750 g/mol. The van der Waals surface area contributed by atoms with Gasteiger partial charge in [-0.05, 0) is 49.1 Å². The number of carbonyl (C=O) groups excluding carboxylic acids is 5. The lowest BCUT2D eigenvalue weighted by Crippen LogP contribution is -2.81. The summed E-state index contributed by atoms with van der Waals surface area (Å²) in [6.45, 7) is 8.94. The maximum atomic E-state index is 15.0. The Morgan fingerprint density at radius 1 is 0.966 bits per heavy atom. The van der Waals surface area contributed by atoms with Crippen LogP contribution in [-0.2, 0) is 38.1 Å². The van der Waals surface area contributed by atoms with Crippen LogP contribution in [0.2, 0.25) is 0 Å². The summed E-state index contributed by atoms with van der Waals surface area (Å²) in [7, 11) is 0. The van der Waals surface area contributed by atoms with Crippen LogP contribution in [0, 0.1) is 16.7 Å². The summed E-state index contributed by atoms with van der Waals surface area (Å²) in [4.78, 5) is 69.0. The molecule has 14 nitrogen and oxygen atoms in total. The van der Waals surface area contributed by atoms with Crippen LogP contribution in [0.3, 0.4) is 0 Å². The molecule has 5 N–H and O–H groups in total. The van der Waals surface area contributed by atoms with Gasteiger partial charge in [-0.25, -0.2) is 9.59 Å². The zero-order valence-corrected chi connectivity index (χ0v) is 33.8. The smallest absolute Gasteiger partial charge is 0.338 e. The number of carbonyl (C=O) groups is 5. The quantitative estimate of drug-likeness (QED) is 0.0901. The molecule has 11 atom stereocenters. The van der Waals surface area contributed by atoms with Gasteiger partial charge < -0.3 is 44.7 Å². The average molecular weight is 806 g/mol. The summed E-state index contributed by atoms with van der Waals surface area (Å²) in [5, 5.41) is 51.8. The monoisotopic (exact) mass is 805 g/mol. The normalized spacial score (nSPS) is 33.4. The molecule has 3 aliphatic carbocycles. The molecule has 0 aromatic heterocycles. The van der Waals surface area contributed by atoms with Crippen LogP contribution < -0.4 is 5.32 Å². The van der Waals surface area contributed by atoms with Crippen LogP contribution >= 0.6 is 0 Å². The molecule has 2 aromatic carbocycles. The molecule has 2 saturated carbocycles. The highest BCUT2D eigenvalue weighted by Crippen LogP contribution is 2.64. The number of hydrogen-bond acceptors (Lipinski definition) is 13. The van der Waals surface area contributed by atoms with Gasteiger partial charge >= 0.3 is 17.9 Å². The summed E-state index contributed by atoms with van der Waals surface area (Å²) in [6.07, 6.45) is -7.83. The lowest BCUT2D eigenvalue weighted by molar-refractivity contribution is -0.346. The number of hydrogen-bond donors (Lipinski definition) is 5. The Balaban J connectivity index is 1.47. The minimum absolute atomic E-state index is 0.0384. The van der Waals surface area contributed by atoms with E-state index in [1.165, 1.54) is 26.0 Å². The molecule has 14 heteroatoms. The number of ketones is 1. The van der Waals surface area contributed by atoms with Gasteiger partial charge in [0.05, 0.1) is 35.6 Å². The number of rotatable bonds is 12. The number of amides is 1. The Labute approximate surface area is 337 Å². The molecule has 2 bridgehead atoms. The second-order valence-corrected chi connectivity index (χ2v) is 17.0. The Hall–Kier alpha value is -4.47. The van der Waals surface area contributed by atoms with Gasteiger partial charge in [0, 0.05) is 31.6 Å². The van der Waals surface area contributed by atoms with Crippen molar-refractivity contribution in [1.29, 1.82) is 0 Å². The van der Waals surface area contributed by atoms with E-state index < -0.39 is 101 Å². The van der Waals surface area contributed by atoms with E-state index in [4.69, 9.17) is 18.9 Å². The van der Waals surface area contributed by atoms with Crippen molar-refractivity contribution in [3.05, 3.63) is 82.9 Å². The predicted octanol–water partition coefficient (Wildman–Crippen LogP) is 3.43. The van der Waals surface area contributed by atoms with Crippen molar-refractivity contribution in [2.75, 3.05) is 6.61 Å². The lowest BCUT2D eigenvalue weighted by atomic mass is 9.44. The van der Waals surface area contributed by atoms with Gasteiger partial charge in [0.1, 0.15) is 30.0 Å². The van der Waals surface area contributed by atoms with Gasteiger partial charge in [-0.2, -0.15) is 0 Å². The number of aliphatic hydroxyl groups is 4. The van der Waals surface area contributed by atoms with Gasteiger partial charge in [0.25, 0.3) is 0 Å². The van der Waals surface area contributed by atoms with Crippen molar-refractivity contribution in [2.24, 2.45) is 16.7 Å². The number of esters is 3. The molecule has 0 radical (unpaired) electrons. The first-order valence-electron chi connectivity index (χ1n) is 20.0. The maximum absolute atomic E-state index is 15.0. The van der Waals surface area contributed by atoms with Gasteiger partial charge in [-0.1, -0.05) is 82.1 Å². The summed E-state index contributed by atoms with van der Waals surface area (Å²) in [6, 6.07) is 15.1. The standard InChI is InChI=1S/C44H55NO13/c1-7-8-11-20-31(48)45-33(26-16-12-9-13-17-26)35(50)40(53)56-28-22-44(54)38(57-39(52)27-18-14-10-15-19-27)36-42(6,37(51)34(49)32(24(28)2)41(44,4)5)29(47)21-30-43(36,23-55-30)58-25(3)46/h9-10,12-19,28-30,33-36,38,47,49-50,54H,7-8,11,20-23H2,1-6H3,(H,45,48)/t28-,29+,30+,33-,34-,35-,36-,38+,42-,43+,44+/m1/s1. The molecule has 6 rings (SSSR count). The second-order valence-electron chi connectivity index (χ2n) is 17.0. The first-order valence-corrected chi connectivity index (χ1v) is 20.0. The van der Waals surface area contributed by atoms with E-state index in [-0.39, 0.29) is 42.1 Å². The van der Waals surface area contributed by atoms with E-state index in [1.54, 1.807) is 62.4 Å². The van der Waals surface area contributed by atoms with Crippen molar-refractivity contribution in [1.82, 2.24) is 5.32 Å². The molecule has 3 fully saturated rings. The Kier molecular flexibility index (Phi) is 12.1. The van der Waals surface area contributed by atoms with Gasteiger partial charge in [-0.3, -0.25) is 14.4 Å². The summed E-state index contributed by atoms with van der Waals surface area (Å²) in [5.74, 6) is -5.62. The average Bonchev–Trinajstić information content (AvgIpc) is 3.18.